The first kappa shape index (κ1) is 12.2. The number of carboxylic acid groups (broad SMARTS) is 1. The Balaban J connectivity index is 2.06. The lowest BCUT2D eigenvalue weighted by Crippen LogP contribution is -2.12. The molecule has 7 nitrogen and oxygen atoms in total. The summed E-state index contributed by atoms with van der Waals surface area (Å²) in [6, 6.07) is 0. The van der Waals surface area contributed by atoms with Crippen molar-refractivity contribution in [1.29, 1.82) is 0 Å². The second-order valence-corrected chi connectivity index (χ2v) is 4.32. The molecule has 0 aliphatic heterocycles. The van der Waals surface area contributed by atoms with Crippen molar-refractivity contribution in [2.24, 2.45) is 0 Å². The summed E-state index contributed by atoms with van der Waals surface area (Å²) in [5, 5.41) is 16.6. The molecular weight excluding hydrogens is 258 g/mol. The molecule has 18 heavy (non-hydrogen) atoms. The van der Waals surface area contributed by atoms with Crippen LogP contribution in [0.4, 0.5) is 5.13 Å². The van der Waals surface area contributed by atoms with Crippen molar-refractivity contribution >= 4 is 28.3 Å². The molecule has 8 heteroatoms. The van der Waals surface area contributed by atoms with Gasteiger partial charge in [-0.2, -0.15) is 0 Å². The molecule has 0 atom stereocenters. The molecule has 2 heterocycles. The third-order valence-corrected chi connectivity index (χ3v) is 2.91. The van der Waals surface area contributed by atoms with E-state index in [9.17, 15) is 9.59 Å². The van der Waals surface area contributed by atoms with Crippen LogP contribution in [-0.2, 0) is 11.2 Å². The highest BCUT2D eigenvalue weighted by atomic mass is 32.1. The Morgan fingerprint density at radius 3 is 2.94 bits per heavy atom. The van der Waals surface area contributed by atoms with Gasteiger partial charge in [0.2, 0.25) is 0 Å². The molecule has 2 aromatic rings. The van der Waals surface area contributed by atoms with E-state index >= 15 is 0 Å². The van der Waals surface area contributed by atoms with Gasteiger partial charge in [-0.15, -0.1) is 11.3 Å². The van der Waals surface area contributed by atoms with Crippen LogP contribution in [0.3, 0.4) is 0 Å². The van der Waals surface area contributed by atoms with E-state index in [1.54, 1.807) is 12.3 Å². The number of nitrogens with zero attached hydrogens (tertiary/aromatic N) is 2. The number of carboxylic acids is 1. The molecule has 0 saturated heterocycles. The van der Waals surface area contributed by atoms with Gasteiger partial charge in [0.1, 0.15) is 11.3 Å². The average molecular weight is 267 g/mol. The molecule has 0 spiro atoms. The van der Waals surface area contributed by atoms with Crippen LogP contribution in [0, 0.1) is 6.92 Å². The summed E-state index contributed by atoms with van der Waals surface area (Å²) in [5.74, 6) is -0.937. The maximum Gasteiger partial charge on any atom is 0.309 e. The van der Waals surface area contributed by atoms with Crippen molar-refractivity contribution in [3.8, 4) is 0 Å². The predicted molar refractivity (Wildman–Crippen MR) is 62.6 cm³/mol. The Bertz CT molecular complexity index is 589. The zero-order valence-electron chi connectivity index (χ0n) is 9.34. The molecule has 2 rings (SSSR count). The molecule has 1 amide bonds. The number of rotatable bonds is 4. The number of thiazole rings is 1. The minimum atomic E-state index is -0.965. The summed E-state index contributed by atoms with van der Waals surface area (Å²) in [6.07, 6.45) is 1.15. The van der Waals surface area contributed by atoms with Crippen LogP contribution in [-0.4, -0.2) is 27.1 Å². The minimum Gasteiger partial charge on any atom is -0.481 e. The van der Waals surface area contributed by atoms with Crippen molar-refractivity contribution in [1.82, 2.24) is 10.1 Å². The number of aryl methyl sites for hydroxylation is 1. The molecule has 0 bridgehead atoms. The van der Waals surface area contributed by atoms with E-state index in [0.29, 0.717) is 22.1 Å². The first-order chi connectivity index (χ1) is 8.56. The number of aromatic nitrogens is 2. The Morgan fingerprint density at radius 1 is 1.56 bits per heavy atom. The Hall–Kier alpha value is -2.22. The summed E-state index contributed by atoms with van der Waals surface area (Å²) in [4.78, 5) is 26.2. The highest BCUT2D eigenvalue weighted by molar-refractivity contribution is 7.14. The second kappa shape index (κ2) is 4.96. The first-order valence-electron chi connectivity index (χ1n) is 4.95. The van der Waals surface area contributed by atoms with Crippen molar-refractivity contribution < 1.29 is 19.2 Å². The molecule has 2 N–H and O–H groups in total. The van der Waals surface area contributed by atoms with Gasteiger partial charge in [0, 0.05) is 5.38 Å². The van der Waals surface area contributed by atoms with Gasteiger partial charge in [0.05, 0.1) is 18.3 Å². The van der Waals surface area contributed by atoms with Crippen molar-refractivity contribution in [3.05, 3.63) is 28.6 Å². The fourth-order valence-corrected chi connectivity index (χ4v) is 1.99. The number of amides is 1. The van der Waals surface area contributed by atoms with Crippen LogP contribution in [0.5, 0.6) is 0 Å². The first-order valence-corrected chi connectivity index (χ1v) is 5.83. The lowest BCUT2D eigenvalue weighted by atomic mass is 10.2. The van der Waals surface area contributed by atoms with Gasteiger partial charge in [0.15, 0.2) is 5.13 Å². The summed E-state index contributed by atoms with van der Waals surface area (Å²) < 4.78 is 4.78. The van der Waals surface area contributed by atoms with E-state index in [0.717, 1.165) is 0 Å². The van der Waals surface area contributed by atoms with Crippen LogP contribution in [0.1, 0.15) is 21.8 Å². The molecule has 0 aliphatic carbocycles. The summed E-state index contributed by atoms with van der Waals surface area (Å²) in [7, 11) is 0. The number of hydrogen-bond acceptors (Lipinski definition) is 6. The Labute approximate surface area is 105 Å². The lowest BCUT2D eigenvalue weighted by molar-refractivity contribution is -0.136. The van der Waals surface area contributed by atoms with E-state index in [1.165, 1.54) is 17.5 Å². The third kappa shape index (κ3) is 2.72. The Kier molecular flexibility index (Phi) is 3.38. The normalized spacial score (nSPS) is 10.3. The van der Waals surface area contributed by atoms with Crippen LogP contribution < -0.4 is 5.32 Å². The average Bonchev–Trinajstić information content (AvgIpc) is 2.87. The van der Waals surface area contributed by atoms with Crippen molar-refractivity contribution in [3.63, 3.8) is 0 Å². The molecule has 0 saturated carbocycles. The molecule has 94 valence electrons. The zero-order chi connectivity index (χ0) is 13.1. The Morgan fingerprint density at radius 2 is 2.33 bits per heavy atom. The fraction of sp³-hybridized carbons (Fsp3) is 0.200. The number of carbonyl (C=O) groups is 2. The van der Waals surface area contributed by atoms with Gasteiger partial charge in [-0.3, -0.25) is 14.9 Å². The van der Waals surface area contributed by atoms with Gasteiger partial charge in [-0.25, -0.2) is 4.98 Å². The van der Waals surface area contributed by atoms with Crippen molar-refractivity contribution in [2.45, 2.75) is 13.3 Å². The lowest BCUT2D eigenvalue weighted by Gasteiger charge is -1.98. The number of aliphatic carboxylic acids is 1. The second-order valence-electron chi connectivity index (χ2n) is 3.46. The van der Waals surface area contributed by atoms with E-state index in [1.807, 2.05) is 0 Å². The molecule has 0 radical (unpaired) electrons. The van der Waals surface area contributed by atoms with Crippen LogP contribution in [0.15, 0.2) is 16.1 Å². The monoisotopic (exact) mass is 267 g/mol. The quantitative estimate of drug-likeness (QED) is 0.865. The van der Waals surface area contributed by atoms with Crippen LogP contribution >= 0.6 is 11.3 Å². The van der Waals surface area contributed by atoms with Crippen LogP contribution in [0.2, 0.25) is 0 Å². The van der Waals surface area contributed by atoms with Gasteiger partial charge in [0.25, 0.3) is 5.91 Å². The van der Waals surface area contributed by atoms with E-state index < -0.39 is 5.97 Å². The summed E-state index contributed by atoms with van der Waals surface area (Å²) >= 11 is 1.17. The number of carbonyl (C=O) groups excluding carboxylic acids is 1. The maximum atomic E-state index is 11.8. The topological polar surface area (TPSA) is 105 Å². The molecule has 0 aliphatic rings. The largest absolute Gasteiger partial charge is 0.481 e. The molecule has 2 aromatic heterocycles. The number of anilines is 1. The molecular formula is C10H9N3O4S. The fourth-order valence-electron chi connectivity index (χ4n) is 1.28. The SMILES string of the molecule is Cc1oncc1C(=O)Nc1nc(CC(=O)O)cs1. The molecule has 0 unspecified atom stereocenters. The van der Waals surface area contributed by atoms with Gasteiger partial charge < -0.3 is 9.63 Å². The molecule has 0 fully saturated rings. The van der Waals surface area contributed by atoms with Crippen molar-refractivity contribution in [2.75, 3.05) is 5.32 Å². The van der Waals surface area contributed by atoms with E-state index in [-0.39, 0.29) is 12.3 Å². The summed E-state index contributed by atoms with van der Waals surface area (Å²) in [6.45, 7) is 1.62. The highest BCUT2D eigenvalue weighted by Gasteiger charge is 2.15. The number of nitrogens with one attached hydrogen (secondary N) is 1. The van der Waals surface area contributed by atoms with Gasteiger partial charge >= 0.3 is 5.97 Å². The van der Waals surface area contributed by atoms with Gasteiger partial charge in [-0.1, -0.05) is 5.16 Å². The standard InChI is InChI=1S/C10H9N3O4S/c1-5-7(3-11-17-5)9(16)13-10-12-6(4-18-10)2-8(14)15/h3-4H,2H2,1H3,(H,14,15)(H,12,13,16). The van der Waals surface area contributed by atoms with Gasteiger partial charge in [-0.05, 0) is 6.92 Å². The number of hydrogen-bond donors (Lipinski definition) is 2. The highest BCUT2D eigenvalue weighted by Crippen LogP contribution is 2.17. The summed E-state index contributed by atoms with van der Waals surface area (Å²) in [5.41, 5.74) is 0.731. The molecule has 0 aromatic carbocycles. The maximum absolute atomic E-state index is 11.8. The predicted octanol–water partition coefficient (Wildman–Crippen LogP) is 1.32. The smallest absolute Gasteiger partial charge is 0.309 e. The van der Waals surface area contributed by atoms with Crippen LogP contribution in [0.25, 0.3) is 0 Å². The third-order valence-electron chi connectivity index (χ3n) is 2.10. The minimum absolute atomic E-state index is 0.168. The van der Waals surface area contributed by atoms with E-state index in [4.69, 9.17) is 9.63 Å². The zero-order valence-corrected chi connectivity index (χ0v) is 10.2. The van der Waals surface area contributed by atoms with E-state index in [2.05, 4.69) is 15.5 Å².